The molecule has 184 valence electrons. The Hall–Kier alpha value is -3.23. The van der Waals surface area contributed by atoms with Gasteiger partial charge in [-0.3, -0.25) is 0 Å². The molecule has 1 atom stereocenters. The lowest BCUT2D eigenvalue weighted by Gasteiger charge is -2.28. The molecular formula is C33H41NO. The number of likely N-dealkylation sites (N-methyl/N-ethyl adjacent to an activating group) is 1. The molecule has 1 N–H and O–H groups in total. The average molecular weight is 468 g/mol. The van der Waals surface area contributed by atoms with Gasteiger partial charge in [-0.1, -0.05) is 112 Å². The number of fused-ring (bicyclic) bond motifs is 1. The highest BCUT2D eigenvalue weighted by molar-refractivity contribution is 5.71. The molecule has 0 aliphatic heterocycles. The fourth-order valence-corrected chi connectivity index (χ4v) is 3.92. The molecule has 2 nitrogen and oxygen atoms in total. The van der Waals surface area contributed by atoms with E-state index in [1.165, 1.54) is 33.4 Å². The van der Waals surface area contributed by atoms with Crippen LogP contribution >= 0.6 is 0 Å². The Morgan fingerprint density at radius 3 is 2.17 bits per heavy atom. The van der Waals surface area contributed by atoms with Crippen molar-refractivity contribution in [2.24, 2.45) is 5.92 Å². The number of rotatable bonds is 5. The maximum Gasteiger partial charge on any atom is 0.123 e. The van der Waals surface area contributed by atoms with E-state index in [9.17, 15) is 4.79 Å². The highest BCUT2D eigenvalue weighted by atomic mass is 16.1. The first-order valence-corrected chi connectivity index (χ1v) is 12.6. The minimum Gasteiger partial charge on any atom is -0.311 e. The zero-order valence-electron chi connectivity index (χ0n) is 22.3. The third kappa shape index (κ3) is 8.19. The third-order valence-electron chi connectivity index (χ3n) is 6.24. The third-order valence-corrected chi connectivity index (χ3v) is 6.24. The molecule has 2 bridgehead atoms. The summed E-state index contributed by atoms with van der Waals surface area (Å²) in [5, 5.41) is 3.39. The van der Waals surface area contributed by atoms with Gasteiger partial charge in [-0.25, -0.2) is 0 Å². The van der Waals surface area contributed by atoms with Crippen LogP contribution in [0.25, 0.3) is 12.2 Å². The number of hydrogen-bond donors (Lipinski definition) is 1. The van der Waals surface area contributed by atoms with Gasteiger partial charge in [-0.05, 0) is 72.7 Å². The van der Waals surface area contributed by atoms with Crippen LogP contribution in [0.1, 0.15) is 56.9 Å². The van der Waals surface area contributed by atoms with E-state index in [2.05, 4.69) is 80.4 Å². The first kappa shape index (κ1) is 28.0. The van der Waals surface area contributed by atoms with Gasteiger partial charge in [-0.2, -0.15) is 0 Å². The lowest BCUT2D eigenvalue weighted by Crippen LogP contribution is -2.37. The second-order valence-electron chi connectivity index (χ2n) is 9.33. The van der Waals surface area contributed by atoms with Crippen molar-refractivity contribution in [3.05, 3.63) is 118 Å². The minimum absolute atomic E-state index is 0.0867. The highest BCUT2D eigenvalue weighted by Gasteiger charge is 2.21. The topological polar surface area (TPSA) is 29.1 Å². The maximum absolute atomic E-state index is 10.3. The van der Waals surface area contributed by atoms with Crippen LogP contribution in [0, 0.1) is 5.92 Å². The number of hydrogen-bond acceptors (Lipinski definition) is 2. The van der Waals surface area contributed by atoms with Crippen molar-refractivity contribution >= 4 is 18.4 Å². The van der Waals surface area contributed by atoms with Gasteiger partial charge in [0, 0.05) is 11.5 Å². The normalized spacial score (nSPS) is 14.9. The number of carbonyl (C=O) groups excluding carboxylic acids is 1. The number of benzene rings is 2. The number of aldehydes is 1. The smallest absolute Gasteiger partial charge is 0.123 e. The SMILES string of the molecule is C=C1C=Cc2cccc3c2CC(=CC(C(C)(C)NC)=C1)C=C3.CC.C[C@H](C=O)Cc1ccccc1. The van der Waals surface area contributed by atoms with Crippen molar-refractivity contribution in [2.45, 2.75) is 53.0 Å². The van der Waals surface area contributed by atoms with E-state index in [0.717, 1.165) is 24.7 Å². The predicted molar refractivity (Wildman–Crippen MR) is 153 cm³/mol. The van der Waals surface area contributed by atoms with Crippen molar-refractivity contribution in [3.8, 4) is 0 Å². The van der Waals surface area contributed by atoms with Gasteiger partial charge in [0.15, 0.2) is 0 Å². The number of nitrogens with one attached hydrogen (secondary N) is 1. The van der Waals surface area contributed by atoms with Crippen LogP contribution in [-0.2, 0) is 17.6 Å². The summed E-state index contributed by atoms with van der Waals surface area (Å²) in [6.07, 6.45) is 16.1. The quantitative estimate of drug-likeness (QED) is 0.455. The van der Waals surface area contributed by atoms with E-state index in [4.69, 9.17) is 0 Å². The van der Waals surface area contributed by atoms with Gasteiger partial charge in [0.05, 0.1) is 0 Å². The molecule has 4 rings (SSSR count). The van der Waals surface area contributed by atoms with Crippen molar-refractivity contribution < 1.29 is 4.79 Å². The van der Waals surface area contributed by atoms with Gasteiger partial charge in [0.1, 0.15) is 6.29 Å². The van der Waals surface area contributed by atoms with Gasteiger partial charge in [-0.15, -0.1) is 0 Å². The van der Waals surface area contributed by atoms with E-state index in [1.54, 1.807) is 0 Å². The van der Waals surface area contributed by atoms with E-state index >= 15 is 0 Å². The second kappa shape index (κ2) is 13.6. The molecule has 2 aromatic carbocycles. The molecule has 0 unspecified atom stereocenters. The molecular weight excluding hydrogens is 426 g/mol. The lowest BCUT2D eigenvalue weighted by atomic mass is 9.84. The summed E-state index contributed by atoms with van der Waals surface area (Å²) in [5.41, 5.74) is 8.79. The molecule has 35 heavy (non-hydrogen) atoms. The Kier molecular flexibility index (Phi) is 10.9. The van der Waals surface area contributed by atoms with Crippen LogP contribution in [0.2, 0.25) is 0 Å². The zero-order chi connectivity index (χ0) is 25.8. The molecule has 0 fully saturated rings. The summed E-state index contributed by atoms with van der Waals surface area (Å²) in [5.74, 6) is 0.136. The lowest BCUT2D eigenvalue weighted by molar-refractivity contribution is -0.110. The van der Waals surface area contributed by atoms with E-state index in [1.807, 2.05) is 58.2 Å². The number of carbonyl (C=O) groups is 1. The van der Waals surface area contributed by atoms with Gasteiger partial charge in [0.25, 0.3) is 0 Å². The summed E-state index contributed by atoms with van der Waals surface area (Å²) in [7, 11) is 2.00. The fraction of sp³-hybridized carbons (Fsp3) is 0.303. The molecule has 0 heterocycles. The summed E-state index contributed by atoms with van der Waals surface area (Å²) in [6, 6.07) is 16.5. The summed E-state index contributed by atoms with van der Waals surface area (Å²) < 4.78 is 0. The van der Waals surface area contributed by atoms with E-state index in [-0.39, 0.29) is 11.5 Å². The van der Waals surface area contributed by atoms with Crippen LogP contribution in [-0.4, -0.2) is 18.9 Å². The van der Waals surface area contributed by atoms with Crippen molar-refractivity contribution in [1.29, 1.82) is 0 Å². The second-order valence-corrected chi connectivity index (χ2v) is 9.33. The molecule has 2 aliphatic carbocycles. The van der Waals surface area contributed by atoms with Crippen molar-refractivity contribution in [2.75, 3.05) is 7.05 Å². The van der Waals surface area contributed by atoms with Crippen LogP contribution in [0.5, 0.6) is 0 Å². The van der Waals surface area contributed by atoms with Gasteiger partial charge in [0.2, 0.25) is 0 Å². The van der Waals surface area contributed by atoms with Gasteiger partial charge >= 0.3 is 0 Å². The Labute approximate surface area is 212 Å². The Bertz CT molecular complexity index is 1110. The monoisotopic (exact) mass is 467 g/mol. The molecule has 2 aliphatic rings. The Morgan fingerprint density at radius 1 is 0.943 bits per heavy atom. The minimum atomic E-state index is -0.0867. The molecule has 0 spiro atoms. The molecule has 0 saturated carbocycles. The van der Waals surface area contributed by atoms with Crippen molar-refractivity contribution in [3.63, 3.8) is 0 Å². The Balaban J connectivity index is 0.000000280. The largest absolute Gasteiger partial charge is 0.311 e. The van der Waals surface area contributed by atoms with Crippen LogP contribution < -0.4 is 5.32 Å². The Morgan fingerprint density at radius 2 is 1.57 bits per heavy atom. The summed E-state index contributed by atoms with van der Waals surface area (Å²) in [6.45, 7) is 14.5. The summed E-state index contributed by atoms with van der Waals surface area (Å²) in [4.78, 5) is 10.3. The molecule has 0 saturated heterocycles. The zero-order valence-corrected chi connectivity index (χ0v) is 22.3. The molecule has 0 amide bonds. The molecule has 0 radical (unpaired) electrons. The number of allylic oxidation sites excluding steroid dienone is 5. The highest BCUT2D eigenvalue weighted by Crippen LogP contribution is 2.30. The van der Waals surface area contributed by atoms with Gasteiger partial charge < -0.3 is 10.1 Å². The molecule has 2 aromatic rings. The van der Waals surface area contributed by atoms with Crippen LogP contribution in [0.15, 0.2) is 96.1 Å². The average Bonchev–Trinajstić information content (AvgIpc) is 2.89. The first-order chi connectivity index (χ1) is 16.8. The van der Waals surface area contributed by atoms with Crippen LogP contribution in [0.4, 0.5) is 0 Å². The first-order valence-electron chi connectivity index (χ1n) is 12.6. The molecule has 2 heteroatoms. The maximum atomic E-state index is 10.3. The molecule has 0 aromatic heterocycles. The van der Waals surface area contributed by atoms with E-state index in [0.29, 0.717) is 0 Å². The predicted octanol–water partition coefficient (Wildman–Crippen LogP) is 7.78. The summed E-state index contributed by atoms with van der Waals surface area (Å²) >= 11 is 0. The fourth-order valence-electron chi connectivity index (χ4n) is 3.92. The van der Waals surface area contributed by atoms with Crippen LogP contribution in [0.3, 0.4) is 0 Å². The van der Waals surface area contributed by atoms with Crippen molar-refractivity contribution in [1.82, 2.24) is 5.32 Å². The van der Waals surface area contributed by atoms with E-state index < -0.39 is 0 Å². The standard InChI is InChI=1S/C21H23N.C10H12O.C2H6/c1-15-8-10-17-6-5-7-18-11-9-16(14-20(17)18)13-19(12-15)21(2,3)22-4;1-9(8-11)7-10-5-3-2-4-6-10;1-2/h5-13,22H,1,14H2,2-4H3;2-6,8-9H,7H2,1H3;1-2H3/t;9-;/m.0./s1.